The highest BCUT2D eigenvalue weighted by Gasteiger charge is 2.26. The standard InChI is InChI=1S/C19H24N6O2/c1-4-24(10-16-22-18(27-23-16)13-6-5-7-13)19(26)14-8-15-17(20-9-14)25(11-21-15)12(2)3/h8-9,11-13H,4-7,10H2,1-3H3. The number of aromatic nitrogens is 5. The Kier molecular flexibility index (Phi) is 4.63. The van der Waals surface area contributed by atoms with E-state index in [-0.39, 0.29) is 11.9 Å². The van der Waals surface area contributed by atoms with E-state index in [1.165, 1.54) is 6.42 Å². The minimum atomic E-state index is -0.110. The monoisotopic (exact) mass is 368 g/mol. The van der Waals surface area contributed by atoms with Gasteiger partial charge in [0.25, 0.3) is 5.91 Å². The molecule has 3 heterocycles. The maximum absolute atomic E-state index is 12.9. The quantitative estimate of drug-likeness (QED) is 0.663. The molecule has 0 N–H and O–H groups in total. The molecule has 1 aliphatic carbocycles. The van der Waals surface area contributed by atoms with E-state index in [0.29, 0.717) is 36.3 Å². The third-order valence-corrected chi connectivity index (χ3v) is 5.16. The number of imidazole rings is 1. The lowest BCUT2D eigenvalue weighted by atomic mass is 9.85. The Balaban J connectivity index is 1.52. The summed E-state index contributed by atoms with van der Waals surface area (Å²) in [5.74, 6) is 1.52. The second-order valence-corrected chi connectivity index (χ2v) is 7.31. The van der Waals surface area contributed by atoms with E-state index in [1.54, 1.807) is 23.5 Å². The van der Waals surface area contributed by atoms with Gasteiger partial charge in [-0.1, -0.05) is 11.6 Å². The molecule has 0 saturated heterocycles. The number of pyridine rings is 1. The molecule has 1 aliphatic rings. The van der Waals surface area contributed by atoms with Crippen molar-refractivity contribution < 1.29 is 9.32 Å². The van der Waals surface area contributed by atoms with Crippen LogP contribution in [0.25, 0.3) is 11.2 Å². The van der Waals surface area contributed by atoms with Crippen LogP contribution in [0.3, 0.4) is 0 Å². The zero-order valence-corrected chi connectivity index (χ0v) is 15.9. The summed E-state index contributed by atoms with van der Waals surface area (Å²) in [5.41, 5.74) is 2.02. The number of amides is 1. The van der Waals surface area contributed by atoms with E-state index in [0.717, 1.165) is 24.0 Å². The number of hydrogen-bond donors (Lipinski definition) is 0. The van der Waals surface area contributed by atoms with Crippen molar-refractivity contribution in [3.63, 3.8) is 0 Å². The van der Waals surface area contributed by atoms with Crippen LogP contribution < -0.4 is 0 Å². The van der Waals surface area contributed by atoms with Crippen molar-refractivity contribution in [1.82, 2.24) is 29.6 Å². The summed E-state index contributed by atoms with van der Waals surface area (Å²) in [4.78, 5) is 27.9. The van der Waals surface area contributed by atoms with E-state index in [2.05, 4.69) is 34.0 Å². The molecule has 0 bridgehead atoms. The summed E-state index contributed by atoms with van der Waals surface area (Å²) >= 11 is 0. The Morgan fingerprint density at radius 2 is 2.19 bits per heavy atom. The fourth-order valence-electron chi connectivity index (χ4n) is 3.25. The summed E-state index contributed by atoms with van der Waals surface area (Å²) in [6, 6.07) is 2.06. The van der Waals surface area contributed by atoms with Crippen molar-refractivity contribution in [2.75, 3.05) is 6.54 Å². The smallest absolute Gasteiger partial charge is 0.255 e. The summed E-state index contributed by atoms with van der Waals surface area (Å²) in [7, 11) is 0. The van der Waals surface area contributed by atoms with Gasteiger partial charge in [-0.05, 0) is 39.7 Å². The maximum Gasteiger partial charge on any atom is 0.255 e. The number of hydrogen-bond acceptors (Lipinski definition) is 6. The van der Waals surface area contributed by atoms with Gasteiger partial charge in [-0.2, -0.15) is 4.98 Å². The van der Waals surface area contributed by atoms with E-state index in [4.69, 9.17) is 4.52 Å². The van der Waals surface area contributed by atoms with Gasteiger partial charge >= 0.3 is 0 Å². The van der Waals surface area contributed by atoms with Crippen LogP contribution in [-0.4, -0.2) is 42.0 Å². The SMILES string of the molecule is CCN(Cc1noc(C2CCC2)n1)C(=O)c1cnc2c(c1)ncn2C(C)C. The molecule has 1 saturated carbocycles. The highest BCUT2D eigenvalue weighted by atomic mass is 16.5. The summed E-state index contributed by atoms with van der Waals surface area (Å²) in [6.45, 7) is 6.95. The average molecular weight is 368 g/mol. The van der Waals surface area contributed by atoms with Gasteiger partial charge < -0.3 is 14.0 Å². The Hall–Kier alpha value is -2.77. The molecule has 0 aromatic carbocycles. The third kappa shape index (κ3) is 3.31. The van der Waals surface area contributed by atoms with Gasteiger partial charge in [0.2, 0.25) is 5.89 Å². The Bertz CT molecular complexity index is 956. The zero-order chi connectivity index (χ0) is 19.0. The maximum atomic E-state index is 12.9. The molecule has 4 rings (SSSR count). The molecular weight excluding hydrogens is 344 g/mol. The van der Waals surface area contributed by atoms with E-state index in [1.807, 2.05) is 11.5 Å². The van der Waals surface area contributed by atoms with Gasteiger partial charge in [0.05, 0.1) is 18.4 Å². The molecule has 0 aliphatic heterocycles. The Labute approximate surface area is 157 Å². The topological polar surface area (TPSA) is 89.9 Å². The predicted octanol–water partition coefficient (Wildman–Crippen LogP) is 3.33. The number of fused-ring (bicyclic) bond motifs is 1. The van der Waals surface area contributed by atoms with Gasteiger partial charge in [0, 0.05) is 24.7 Å². The van der Waals surface area contributed by atoms with Gasteiger partial charge in [0.15, 0.2) is 11.5 Å². The minimum absolute atomic E-state index is 0.110. The van der Waals surface area contributed by atoms with Crippen LogP contribution in [0.1, 0.15) is 74.1 Å². The van der Waals surface area contributed by atoms with Crippen molar-refractivity contribution >= 4 is 17.1 Å². The van der Waals surface area contributed by atoms with Crippen LogP contribution in [0.5, 0.6) is 0 Å². The molecule has 8 heteroatoms. The van der Waals surface area contributed by atoms with Gasteiger partial charge in [-0.25, -0.2) is 9.97 Å². The van der Waals surface area contributed by atoms with Crippen molar-refractivity contribution in [3.8, 4) is 0 Å². The van der Waals surface area contributed by atoms with Crippen LogP contribution in [0.4, 0.5) is 0 Å². The van der Waals surface area contributed by atoms with Crippen molar-refractivity contribution in [2.24, 2.45) is 0 Å². The van der Waals surface area contributed by atoms with Crippen LogP contribution >= 0.6 is 0 Å². The second-order valence-electron chi connectivity index (χ2n) is 7.31. The molecular formula is C19H24N6O2. The first-order valence-electron chi connectivity index (χ1n) is 9.51. The van der Waals surface area contributed by atoms with Crippen LogP contribution in [0, 0.1) is 0 Å². The third-order valence-electron chi connectivity index (χ3n) is 5.16. The normalized spacial score (nSPS) is 14.7. The lowest BCUT2D eigenvalue weighted by molar-refractivity contribution is 0.0747. The average Bonchev–Trinajstić information content (AvgIpc) is 3.23. The summed E-state index contributed by atoms with van der Waals surface area (Å²) in [5, 5.41) is 4.04. The van der Waals surface area contributed by atoms with E-state index >= 15 is 0 Å². The molecule has 3 aromatic rings. The predicted molar refractivity (Wildman–Crippen MR) is 99.2 cm³/mol. The van der Waals surface area contributed by atoms with Gasteiger partial charge in [-0.3, -0.25) is 4.79 Å². The molecule has 1 fully saturated rings. The molecule has 8 nitrogen and oxygen atoms in total. The lowest BCUT2D eigenvalue weighted by Crippen LogP contribution is -2.31. The molecule has 0 radical (unpaired) electrons. The minimum Gasteiger partial charge on any atom is -0.339 e. The highest BCUT2D eigenvalue weighted by Crippen LogP contribution is 2.35. The van der Waals surface area contributed by atoms with Crippen molar-refractivity contribution in [2.45, 2.75) is 58.5 Å². The van der Waals surface area contributed by atoms with Gasteiger partial charge in [0.1, 0.15) is 5.52 Å². The lowest BCUT2D eigenvalue weighted by Gasteiger charge is -2.20. The molecule has 27 heavy (non-hydrogen) atoms. The van der Waals surface area contributed by atoms with Crippen LogP contribution in [0.2, 0.25) is 0 Å². The van der Waals surface area contributed by atoms with Crippen LogP contribution in [-0.2, 0) is 6.54 Å². The molecule has 3 aromatic heterocycles. The zero-order valence-electron chi connectivity index (χ0n) is 15.9. The largest absolute Gasteiger partial charge is 0.339 e. The fourth-order valence-corrected chi connectivity index (χ4v) is 3.25. The fraction of sp³-hybridized carbons (Fsp3) is 0.526. The molecule has 142 valence electrons. The first-order chi connectivity index (χ1) is 13.1. The molecule has 0 atom stereocenters. The summed E-state index contributed by atoms with van der Waals surface area (Å²) < 4.78 is 7.35. The van der Waals surface area contributed by atoms with Crippen molar-refractivity contribution in [1.29, 1.82) is 0 Å². The van der Waals surface area contributed by atoms with E-state index in [9.17, 15) is 4.79 Å². The number of rotatable bonds is 6. The molecule has 0 unspecified atom stereocenters. The number of nitrogens with zero attached hydrogens (tertiary/aromatic N) is 6. The molecule has 0 spiro atoms. The van der Waals surface area contributed by atoms with Crippen molar-refractivity contribution in [3.05, 3.63) is 35.9 Å². The Morgan fingerprint density at radius 1 is 1.37 bits per heavy atom. The first-order valence-corrected chi connectivity index (χ1v) is 9.51. The first kappa shape index (κ1) is 17.6. The number of carbonyl (C=O) groups excluding carboxylic acids is 1. The van der Waals surface area contributed by atoms with Crippen LogP contribution in [0.15, 0.2) is 23.1 Å². The molecule has 1 amide bonds. The van der Waals surface area contributed by atoms with E-state index < -0.39 is 0 Å². The second kappa shape index (κ2) is 7.09. The van der Waals surface area contributed by atoms with Gasteiger partial charge in [-0.15, -0.1) is 0 Å². The Morgan fingerprint density at radius 3 is 2.85 bits per heavy atom. The highest BCUT2D eigenvalue weighted by molar-refractivity contribution is 5.96. The summed E-state index contributed by atoms with van der Waals surface area (Å²) in [6.07, 6.45) is 6.79. The number of carbonyl (C=O) groups is 1.